The molecule has 1 N–H and O–H groups in total. The molecule has 2 atom stereocenters. The van der Waals surface area contributed by atoms with E-state index in [-0.39, 0.29) is 17.0 Å². The first-order valence-electron chi connectivity index (χ1n) is 5.91. The third-order valence-electron chi connectivity index (χ3n) is 3.52. The van der Waals surface area contributed by atoms with Crippen LogP contribution in [0.2, 0.25) is 10.0 Å². The summed E-state index contributed by atoms with van der Waals surface area (Å²) in [6.07, 6.45) is 0.459. The van der Waals surface area contributed by atoms with Gasteiger partial charge in [0.2, 0.25) is 0 Å². The molecule has 1 aliphatic rings. The minimum absolute atomic E-state index is 0.208. The molecule has 0 saturated carbocycles. The molecule has 2 rings (SSSR count). The van der Waals surface area contributed by atoms with E-state index in [1.807, 2.05) is 0 Å². The minimum Gasteiger partial charge on any atom is -0.481 e. The second-order valence-electron chi connectivity index (χ2n) is 4.57. The quantitative estimate of drug-likeness (QED) is 0.914. The lowest BCUT2D eigenvalue weighted by Gasteiger charge is -2.23. The summed E-state index contributed by atoms with van der Waals surface area (Å²) in [6, 6.07) is 4.50. The third kappa shape index (κ3) is 2.55. The summed E-state index contributed by atoms with van der Waals surface area (Å²) in [4.78, 5) is 25.0. The monoisotopic (exact) mass is 301 g/mol. The fourth-order valence-electron chi connectivity index (χ4n) is 2.38. The number of hydrogen-bond donors (Lipinski definition) is 1. The van der Waals surface area contributed by atoms with Crippen molar-refractivity contribution in [3.8, 4) is 0 Å². The van der Waals surface area contributed by atoms with Gasteiger partial charge in [-0.25, -0.2) is 0 Å². The van der Waals surface area contributed by atoms with Crippen LogP contribution in [0.4, 0.5) is 0 Å². The van der Waals surface area contributed by atoms with Crippen LogP contribution in [0.15, 0.2) is 18.2 Å². The maximum Gasteiger partial charge on any atom is 0.308 e. The number of likely N-dealkylation sites (tertiary alicyclic amines) is 1. The van der Waals surface area contributed by atoms with Gasteiger partial charge in [-0.3, -0.25) is 9.59 Å². The van der Waals surface area contributed by atoms with Crippen molar-refractivity contribution in [2.24, 2.45) is 5.92 Å². The maximum absolute atomic E-state index is 12.4. The first-order valence-corrected chi connectivity index (χ1v) is 6.67. The van der Waals surface area contributed by atoms with Gasteiger partial charge in [0.1, 0.15) is 0 Å². The number of carboxylic acids is 1. The van der Waals surface area contributed by atoms with E-state index in [2.05, 4.69) is 0 Å². The number of rotatable bonds is 2. The maximum atomic E-state index is 12.4. The summed E-state index contributed by atoms with van der Waals surface area (Å²) in [5.41, 5.74) is 0.312. The van der Waals surface area contributed by atoms with Gasteiger partial charge in [-0.2, -0.15) is 0 Å². The summed E-state index contributed by atoms with van der Waals surface area (Å²) < 4.78 is 0. The predicted molar refractivity (Wildman–Crippen MR) is 72.7 cm³/mol. The molecule has 102 valence electrons. The number of carbonyl (C=O) groups excluding carboxylic acids is 1. The van der Waals surface area contributed by atoms with Crippen LogP contribution in [-0.2, 0) is 4.79 Å². The molecule has 4 nitrogen and oxygen atoms in total. The molecule has 0 bridgehead atoms. The fraction of sp³-hybridized carbons (Fsp3) is 0.385. The van der Waals surface area contributed by atoms with Gasteiger partial charge in [0, 0.05) is 12.6 Å². The predicted octanol–water partition coefficient (Wildman–Crippen LogP) is 2.93. The van der Waals surface area contributed by atoms with Crippen LogP contribution in [0, 0.1) is 5.92 Å². The molecule has 1 aromatic rings. The SMILES string of the molecule is CC1C(C(=O)O)CCN1C(=O)c1cccc(Cl)c1Cl. The van der Waals surface area contributed by atoms with Gasteiger partial charge in [-0.05, 0) is 25.5 Å². The van der Waals surface area contributed by atoms with Gasteiger partial charge in [0.25, 0.3) is 5.91 Å². The molecular weight excluding hydrogens is 289 g/mol. The number of hydrogen-bond acceptors (Lipinski definition) is 2. The molecule has 6 heteroatoms. The van der Waals surface area contributed by atoms with Crippen LogP contribution in [0.25, 0.3) is 0 Å². The van der Waals surface area contributed by atoms with Crippen LogP contribution in [-0.4, -0.2) is 34.5 Å². The van der Waals surface area contributed by atoms with Crippen molar-refractivity contribution in [2.75, 3.05) is 6.54 Å². The molecule has 1 fully saturated rings. The van der Waals surface area contributed by atoms with Gasteiger partial charge in [-0.15, -0.1) is 0 Å². The second kappa shape index (κ2) is 5.39. The fourth-order valence-corrected chi connectivity index (χ4v) is 2.76. The average molecular weight is 302 g/mol. The Morgan fingerprint density at radius 1 is 1.37 bits per heavy atom. The molecular formula is C13H13Cl2NO3. The van der Waals surface area contributed by atoms with Crippen molar-refractivity contribution in [3.05, 3.63) is 33.8 Å². The van der Waals surface area contributed by atoms with Crippen molar-refractivity contribution in [1.82, 2.24) is 4.90 Å². The van der Waals surface area contributed by atoms with E-state index < -0.39 is 11.9 Å². The Bertz CT molecular complexity index is 533. The Kier molecular flexibility index (Phi) is 4.02. The van der Waals surface area contributed by atoms with Crippen LogP contribution in [0.5, 0.6) is 0 Å². The highest BCUT2D eigenvalue weighted by molar-refractivity contribution is 6.43. The molecule has 1 saturated heterocycles. The summed E-state index contributed by atoms with van der Waals surface area (Å²) >= 11 is 11.9. The molecule has 0 radical (unpaired) electrons. The highest BCUT2D eigenvalue weighted by Crippen LogP contribution is 2.30. The van der Waals surface area contributed by atoms with E-state index >= 15 is 0 Å². The molecule has 1 aromatic carbocycles. The zero-order valence-corrected chi connectivity index (χ0v) is 11.8. The average Bonchev–Trinajstić information content (AvgIpc) is 2.74. The van der Waals surface area contributed by atoms with Crippen molar-refractivity contribution in [1.29, 1.82) is 0 Å². The molecule has 19 heavy (non-hydrogen) atoms. The summed E-state index contributed by atoms with van der Waals surface area (Å²) in [5.74, 6) is -1.68. The minimum atomic E-state index is -0.875. The van der Waals surface area contributed by atoms with Crippen molar-refractivity contribution in [2.45, 2.75) is 19.4 Å². The lowest BCUT2D eigenvalue weighted by atomic mass is 10.0. The Morgan fingerprint density at radius 2 is 2.05 bits per heavy atom. The second-order valence-corrected chi connectivity index (χ2v) is 5.36. The molecule has 0 aromatic heterocycles. The van der Waals surface area contributed by atoms with E-state index in [9.17, 15) is 9.59 Å². The first kappa shape index (κ1) is 14.2. The Balaban J connectivity index is 2.26. The summed E-state index contributed by atoms with van der Waals surface area (Å²) in [5, 5.41) is 9.59. The van der Waals surface area contributed by atoms with Crippen LogP contribution < -0.4 is 0 Å². The van der Waals surface area contributed by atoms with E-state index in [1.54, 1.807) is 25.1 Å². The van der Waals surface area contributed by atoms with Crippen molar-refractivity contribution in [3.63, 3.8) is 0 Å². The first-order chi connectivity index (χ1) is 8.93. The smallest absolute Gasteiger partial charge is 0.308 e. The summed E-state index contributed by atoms with van der Waals surface area (Å²) in [7, 11) is 0. The lowest BCUT2D eigenvalue weighted by Crippen LogP contribution is -2.37. The highest BCUT2D eigenvalue weighted by Gasteiger charge is 2.38. The van der Waals surface area contributed by atoms with Crippen molar-refractivity contribution < 1.29 is 14.7 Å². The van der Waals surface area contributed by atoms with E-state index in [4.69, 9.17) is 28.3 Å². The lowest BCUT2D eigenvalue weighted by molar-refractivity contribution is -0.142. The zero-order chi connectivity index (χ0) is 14.2. The largest absolute Gasteiger partial charge is 0.481 e. The van der Waals surface area contributed by atoms with Gasteiger partial charge in [-0.1, -0.05) is 29.3 Å². The van der Waals surface area contributed by atoms with E-state index in [0.29, 0.717) is 23.6 Å². The molecule has 0 aliphatic carbocycles. The third-order valence-corrected chi connectivity index (χ3v) is 4.33. The molecule has 1 heterocycles. The van der Waals surface area contributed by atoms with Gasteiger partial charge >= 0.3 is 5.97 Å². The molecule has 0 spiro atoms. The Morgan fingerprint density at radius 3 is 2.63 bits per heavy atom. The number of amides is 1. The molecule has 1 aliphatic heterocycles. The van der Waals surface area contributed by atoms with E-state index in [1.165, 1.54) is 4.90 Å². The number of benzene rings is 1. The van der Waals surface area contributed by atoms with Crippen LogP contribution in [0.3, 0.4) is 0 Å². The van der Waals surface area contributed by atoms with Gasteiger partial charge < -0.3 is 10.0 Å². The molecule has 1 amide bonds. The van der Waals surface area contributed by atoms with Gasteiger partial charge in [0.15, 0.2) is 0 Å². The Hall–Kier alpha value is -1.26. The number of aliphatic carboxylic acids is 1. The standard InChI is InChI=1S/C13H13Cl2NO3/c1-7-8(13(18)19)5-6-16(7)12(17)9-3-2-4-10(14)11(9)15/h2-4,7-8H,5-6H2,1H3,(H,18,19). The number of carbonyl (C=O) groups is 2. The topological polar surface area (TPSA) is 57.6 Å². The van der Waals surface area contributed by atoms with Gasteiger partial charge in [0.05, 0.1) is 21.5 Å². The zero-order valence-electron chi connectivity index (χ0n) is 10.3. The normalized spacial score (nSPS) is 22.6. The molecule has 2 unspecified atom stereocenters. The number of carboxylic acid groups (broad SMARTS) is 1. The number of halogens is 2. The summed E-state index contributed by atoms with van der Waals surface area (Å²) in [6.45, 7) is 2.15. The van der Waals surface area contributed by atoms with Crippen LogP contribution in [0.1, 0.15) is 23.7 Å². The van der Waals surface area contributed by atoms with Crippen LogP contribution >= 0.6 is 23.2 Å². The van der Waals surface area contributed by atoms with E-state index in [0.717, 1.165) is 0 Å². The highest BCUT2D eigenvalue weighted by atomic mass is 35.5. The number of nitrogens with zero attached hydrogens (tertiary/aromatic N) is 1. The Labute approximate surface area is 120 Å². The van der Waals surface area contributed by atoms with Crippen molar-refractivity contribution >= 4 is 35.1 Å².